The second-order valence-electron chi connectivity index (χ2n) is 4.93. The van der Waals surface area contributed by atoms with Gasteiger partial charge >= 0.3 is 0 Å². The zero-order valence-electron chi connectivity index (χ0n) is 12.4. The number of nitrogens with zero attached hydrogens (tertiary/aromatic N) is 1. The van der Waals surface area contributed by atoms with Crippen LogP contribution in [0.5, 0.6) is 0 Å². The molecule has 3 aromatic rings. The summed E-state index contributed by atoms with van der Waals surface area (Å²) in [5, 5.41) is 5.88. The lowest BCUT2D eigenvalue weighted by Gasteiger charge is -1.98. The number of hydrogen-bond acceptors (Lipinski definition) is 3. The maximum atomic E-state index is 12.0. The van der Waals surface area contributed by atoms with Crippen molar-refractivity contribution in [2.24, 2.45) is 0 Å². The Kier molecular flexibility index (Phi) is 5.45. The molecule has 0 aliphatic rings. The Labute approximate surface area is 157 Å². The molecule has 2 aromatic carbocycles. The highest BCUT2D eigenvalue weighted by Gasteiger charge is 2.06. The molecule has 3 rings (SSSR count). The fourth-order valence-electron chi connectivity index (χ4n) is 2.04. The molecule has 0 aliphatic carbocycles. The number of carbonyl (C=O) groups excluding carboxylic acids is 1. The van der Waals surface area contributed by atoms with Gasteiger partial charge in [0.15, 0.2) is 5.13 Å². The molecule has 1 aromatic heterocycles. The minimum atomic E-state index is -0.231. The van der Waals surface area contributed by atoms with E-state index < -0.39 is 0 Å². The molecule has 24 heavy (non-hydrogen) atoms. The van der Waals surface area contributed by atoms with Crippen LogP contribution >= 0.6 is 38.9 Å². The predicted octanol–water partition coefficient (Wildman–Crippen LogP) is 5.88. The van der Waals surface area contributed by atoms with Crippen LogP contribution in [-0.4, -0.2) is 10.9 Å². The summed E-state index contributed by atoms with van der Waals surface area (Å²) in [6.45, 7) is 0. The van der Waals surface area contributed by atoms with E-state index in [-0.39, 0.29) is 5.91 Å². The molecule has 0 atom stereocenters. The van der Waals surface area contributed by atoms with Gasteiger partial charge in [0.05, 0.1) is 5.69 Å². The Hall–Kier alpha value is -1.95. The third-order valence-electron chi connectivity index (χ3n) is 3.13. The summed E-state index contributed by atoms with van der Waals surface area (Å²) in [5.74, 6) is -0.231. The summed E-state index contributed by atoms with van der Waals surface area (Å²) >= 11 is 10.7. The molecule has 6 heteroatoms. The van der Waals surface area contributed by atoms with E-state index in [1.807, 2.05) is 41.8 Å². The van der Waals surface area contributed by atoms with Gasteiger partial charge in [-0.3, -0.25) is 10.1 Å². The third kappa shape index (κ3) is 4.54. The molecule has 0 bridgehead atoms. The Morgan fingerprint density at radius 3 is 2.83 bits per heavy atom. The maximum absolute atomic E-state index is 12.0. The van der Waals surface area contributed by atoms with Crippen molar-refractivity contribution in [2.75, 3.05) is 5.32 Å². The lowest BCUT2D eigenvalue weighted by atomic mass is 10.2. The molecule has 0 saturated carbocycles. The first-order valence-electron chi connectivity index (χ1n) is 7.06. The van der Waals surface area contributed by atoms with Crippen molar-refractivity contribution >= 4 is 56.0 Å². The van der Waals surface area contributed by atoms with E-state index in [9.17, 15) is 4.79 Å². The summed E-state index contributed by atoms with van der Waals surface area (Å²) in [6, 6.07) is 15.2. The number of rotatable bonds is 4. The molecular formula is C18H12BrClN2OS. The second-order valence-corrected chi connectivity index (χ2v) is 7.14. The van der Waals surface area contributed by atoms with Gasteiger partial charge in [0.2, 0.25) is 5.91 Å². The zero-order valence-corrected chi connectivity index (χ0v) is 15.5. The Morgan fingerprint density at radius 2 is 2.04 bits per heavy atom. The van der Waals surface area contributed by atoms with Crippen LogP contribution in [0.15, 0.2) is 64.5 Å². The predicted molar refractivity (Wildman–Crippen MR) is 104 cm³/mol. The standard InChI is InChI=1S/C18H12BrClN2OS/c19-14-5-2-4-13(10-14)16-11-24-18(21-16)22-17(23)8-7-12-3-1-6-15(20)9-12/h1-11H,(H,21,22,23)/b8-7+. The van der Waals surface area contributed by atoms with Crippen molar-refractivity contribution in [3.05, 3.63) is 75.0 Å². The van der Waals surface area contributed by atoms with Gasteiger partial charge < -0.3 is 0 Å². The lowest BCUT2D eigenvalue weighted by Crippen LogP contribution is -2.07. The number of thiazole rings is 1. The van der Waals surface area contributed by atoms with Crippen LogP contribution < -0.4 is 5.32 Å². The zero-order chi connectivity index (χ0) is 16.9. The van der Waals surface area contributed by atoms with E-state index in [2.05, 4.69) is 26.2 Å². The molecule has 1 heterocycles. The van der Waals surface area contributed by atoms with Gasteiger partial charge in [0, 0.05) is 26.5 Å². The highest BCUT2D eigenvalue weighted by Crippen LogP contribution is 2.26. The molecule has 1 N–H and O–H groups in total. The molecule has 0 fully saturated rings. The van der Waals surface area contributed by atoms with Crippen LogP contribution in [0.4, 0.5) is 5.13 Å². The monoisotopic (exact) mass is 418 g/mol. The van der Waals surface area contributed by atoms with Gasteiger partial charge in [-0.2, -0.15) is 0 Å². The summed E-state index contributed by atoms with van der Waals surface area (Å²) in [4.78, 5) is 16.4. The van der Waals surface area contributed by atoms with Crippen LogP contribution in [0.1, 0.15) is 5.56 Å². The van der Waals surface area contributed by atoms with E-state index in [1.165, 1.54) is 17.4 Å². The summed E-state index contributed by atoms with van der Waals surface area (Å²) in [5.41, 5.74) is 2.69. The molecule has 1 amide bonds. The number of carbonyl (C=O) groups is 1. The number of halogens is 2. The van der Waals surface area contributed by atoms with Gasteiger partial charge in [-0.1, -0.05) is 51.8 Å². The van der Waals surface area contributed by atoms with Gasteiger partial charge in [-0.25, -0.2) is 4.98 Å². The number of benzene rings is 2. The van der Waals surface area contributed by atoms with Crippen molar-refractivity contribution in [3.8, 4) is 11.3 Å². The Balaban J connectivity index is 1.67. The first-order valence-corrected chi connectivity index (χ1v) is 9.11. The molecular weight excluding hydrogens is 408 g/mol. The van der Waals surface area contributed by atoms with Gasteiger partial charge in [-0.15, -0.1) is 11.3 Å². The van der Waals surface area contributed by atoms with Crippen molar-refractivity contribution < 1.29 is 4.79 Å². The van der Waals surface area contributed by atoms with E-state index >= 15 is 0 Å². The number of aromatic nitrogens is 1. The SMILES string of the molecule is O=C(/C=C/c1cccc(Cl)c1)Nc1nc(-c2cccc(Br)c2)cs1. The van der Waals surface area contributed by atoms with Crippen LogP contribution in [0.3, 0.4) is 0 Å². The molecule has 0 spiro atoms. The molecule has 120 valence electrons. The highest BCUT2D eigenvalue weighted by atomic mass is 79.9. The lowest BCUT2D eigenvalue weighted by molar-refractivity contribution is -0.111. The molecule has 3 nitrogen and oxygen atoms in total. The molecule has 0 saturated heterocycles. The first kappa shape index (κ1) is 16.9. The molecule has 0 unspecified atom stereocenters. The average molecular weight is 420 g/mol. The van der Waals surface area contributed by atoms with Crippen molar-refractivity contribution in [1.29, 1.82) is 0 Å². The number of hydrogen-bond donors (Lipinski definition) is 1. The average Bonchev–Trinajstić information content (AvgIpc) is 3.01. The van der Waals surface area contributed by atoms with Crippen LogP contribution in [0, 0.1) is 0 Å². The quantitative estimate of drug-likeness (QED) is 0.537. The Morgan fingerprint density at radius 1 is 1.21 bits per heavy atom. The third-order valence-corrected chi connectivity index (χ3v) is 4.62. The summed E-state index contributed by atoms with van der Waals surface area (Å²) in [7, 11) is 0. The summed E-state index contributed by atoms with van der Waals surface area (Å²) in [6.07, 6.45) is 3.18. The van der Waals surface area contributed by atoms with E-state index in [4.69, 9.17) is 11.6 Å². The van der Waals surface area contributed by atoms with Crippen LogP contribution in [0.25, 0.3) is 17.3 Å². The van der Waals surface area contributed by atoms with Crippen LogP contribution in [-0.2, 0) is 4.79 Å². The van der Waals surface area contributed by atoms with Crippen molar-refractivity contribution in [3.63, 3.8) is 0 Å². The number of amides is 1. The number of anilines is 1. The number of nitrogens with one attached hydrogen (secondary N) is 1. The fourth-order valence-corrected chi connectivity index (χ4v) is 3.36. The van der Waals surface area contributed by atoms with Gasteiger partial charge in [0.1, 0.15) is 0 Å². The van der Waals surface area contributed by atoms with Gasteiger partial charge in [0.25, 0.3) is 0 Å². The maximum Gasteiger partial charge on any atom is 0.250 e. The fraction of sp³-hybridized carbons (Fsp3) is 0. The minimum absolute atomic E-state index is 0.231. The topological polar surface area (TPSA) is 42.0 Å². The van der Waals surface area contributed by atoms with Crippen molar-refractivity contribution in [1.82, 2.24) is 4.98 Å². The largest absolute Gasteiger partial charge is 0.298 e. The van der Waals surface area contributed by atoms with Crippen molar-refractivity contribution in [2.45, 2.75) is 0 Å². The van der Waals surface area contributed by atoms with Gasteiger partial charge in [-0.05, 0) is 35.9 Å². The van der Waals surface area contributed by atoms with E-state index in [1.54, 1.807) is 18.2 Å². The smallest absolute Gasteiger partial charge is 0.250 e. The first-order chi connectivity index (χ1) is 11.6. The summed E-state index contributed by atoms with van der Waals surface area (Å²) < 4.78 is 0.989. The second kappa shape index (κ2) is 7.75. The molecule has 0 radical (unpaired) electrons. The van der Waals surface area contributed by atoms with Crippen LogP contribution in [0.2, 0.25) is 5.02 Å². The van der Waals surface area contributed by atoms with E-state index in [0.29, 0.717) is 10.2 Å². The molecule has 0 aliphatic heterocycles. The van der Waals surface area contributed by atoms with E-state index in [0.717, 1.165) is 21.3 Å². The normalized spacial score (nSPS) is 10.9. The Bertz CT molecular complexity index is 907. The highest BCUT2D eigenvalue weighted by molar-refractivity contribution is 9.10. The minimum Gasteiger partial charge on any atom is -0.298 e.